The number of rotatable bonds is 1. The van der Waals surface area contributed by atoms with Crippen molar-refractivity contribution in [2.75, 3.05) is 0 Å². The molecule has 6 nitrogen and oxygen atoms in total. The molecule has 0 bridgehead atoms. The summed E-state index contributed by atoms with van der Waals surface area (Å²) in [5, 5.41) is 21.3. The van der Waals surface area contributed by atoms with Gasteiger partial charge >= 0.3 is 5.08 Å². The van der Waals surface area contributed by atoms with E-state index < -0.39 is 0 Å². The van der Waals surface area contributed by atoms with E-state index in [1.165, 1.54) is 0 Å². The highest BCUT2D eigenvalue weighted by Crippen LogP contribution is 2.23. The summed E-state index contributed by atoms with van der Waals surface area (Å²) in [5.41, 5.74) is 13.6. The molecule has 0 amide bonds. The molecular formula is C14H12N6. The zero-order valence-corrected chi connectivity index (χ0v) is 11.1. The zero-order valence-electron chi connectivity index (χ0n) is 11.1. The summed E-state index contributed by atoms with van der Waals surface area (Å²) in [6.45, 7) is 3.80. The molecule has 0 atom stereocenters. The predicted molar refractivity (Wildman–Crippen MR) is 78.6 cm³/mol. The maximum Gasteiger partial charge on any atom is 0.339 e. The fraction of sp³-hybridized carbons (Fsp3) is 0.143. The summed E-state index contributed by atoms with van der Waals surface area (Å²) in [5.74, 6) is 0. The highest BCUT2D eigenvalue weighted by atomic mass is 15.3. The lowest BCUT2D eigenvalue weighted by atomic mass is 9.93. The molecule has 0 radical (unpaired) electrons. The Labute approximate surface area is 116 Å². The largest absolute Gasteiger partial charge is 0.362 e. The van der Waals surface area contributed by atoms with Crippen LogP contribution in [0.25, 0.3) is 10.6 Å². The number of hydrogen-bond donors (Lipinski definition) is 0. The van der Waals surface area contributed by atoms with E-state index in [2.05, 4.69) is 20.5 Å². The van der Waals surface area contributed by atoms with Gasteiger partial charge in [-0.05, 0) is 54.0 Å². The van der Waals surface area contributed by atoms with Gasteiger partial charge in [0.2, 0.25) is 0 Å². The van der Waals surface area contributed by atoms with E-state index in [-0.39, 0.29) is 0 Å². The average Bonchev–Trinajstić information content (AvgIpc) is 2.44. The number of diazo groups is 1. The SMILES string of the molecule is CC1=CC(=C2C=C/C(=N\[N+]#N)C(C)=C\2)/C=CC/1=N\N=[N-]. The summed E-state index contributed by atoms with van der Waals surface area (Å²) in [6.07, 6.45) is 11.3. The van der Waals surface area contributed by atoms with Gasteiger partial charge in [0, 0.05) is 0 Å². The Bertz CT molecular complexity index is 704. The molecule has 2 rings (SSSR count). The van der Waals surface area contributed by atoms with Crippen molar-refractivity contribution < 1.29 is 0 Å². The first kappa shape index (κ1) is 13.5. The smallest absolute Gasteiger partial charge is 0.339 e. The third kappa shape index (κ3) is 2.72. The van der Waals surface area contributed by atoms with Crippen LogP contribution in [-0.2, 0) is 0 Å². The molecule has 0 aromatic carbocycles. The molecule has 2 aliphatic carbocycles. The molecule has 0 N–H and O–H groups in total. The number of nitrogens with zero attached hydrogens (tertiary/aromatic N) is 6. The fourth-order valence-corrected chi connectivity index (χ4v) is 1.99. The standard InChI is InChI=1S/C14H12N6/c1-9-7-11(3-5-13(9)17-19-15)12-4-6-14(18-20-16)10(2)8-12/h3-8H,1-2H3/b12-11+,17-13+,18-14+. The molecule has 98 valence electrons. The van der Waals surface area contributed by atoms with E-state index in [0.29, 0.717) is 11.4 Å². The molecule has 0 fully saturated rings. The van der Waals surface area contributed by atoms with Gasteiger partial charge in [-0.3, -0.25) is 5.22 Å². The van der Waals surface area contributed by atoms with Crippen molar-refractivity contribution >= 4 is 11.4 Å². The minimum Gasteiger partial charge on any atom is -0.362 e. The molecule has 6 heteroatoms. The molecule has 0 heterocycles. The van der Waals surface area contributed by atoms with Gasteiger partial charge in [-0.1, -0.05) is 24.3 Å². The zero-order chi connectivity index (χ0) is 14.5. The maximum atomic E-state index is 8.47. The molecule has 20 heavy (non-hydrogen) atoms. The molecule has 0 saturated heterocycles. The lowest BCUT2D eigenvalue weighted by Gasteiger charge is -2.15. The van der Waals surface area contributed by atoms with Crippen LogP contribution in [0, 0.1) is 5.39 Å². The van der Waals surface area contributed by atoms with Crippen LogP contribution in [0.2, 0.25) is 0 Å². The van der Waals surface area contributed by atoms with Crippen molar-refractivity contribution in [3.05, 3.63) is 69.4 Å². The van der Waals surface area contributed by atoms with Gasteiger partial charge in [0.05, 0.1) is 0 Å². The van der Waals surface area contributed by atoms with Crippen LogP contribution in [0.3, 0.4) is 0 Å². The van der Waals surface area contributed by atoms with Gasteiger partial charge in [0.25, 0.3) is 5.39 Å². The average molecular weight is 264 g/mol. The van der Waals surface area contributed by atoms with Crippen molar-refractivity contribution in [1.29, 1.82) is 5.39 Å². The van der Waals surface area contributed by atoms with Crippen molar-refractivity contribution in [2.24, 2.45) is 15.4 Å². The highest BCUT2D eigenvalue weighted by Gasteiger charge is 2.12. The predicted octanol–water partition coefficient (Wildman–Crippen LogP) is 3.90. The summed E-state index contributed by atoms with van der Waals surface area (Å²) < 4.78 is 0. The number of allylic oxidation sites excluding steroid dienone is 10. The minimum absolute atomic E-state index is 0.624. The summed E-state index contributed by atoms with van der Waals surface area (Å²) in [7, 11) is 0. The minimum atomic E-state index is 0.624. The van der Waals surface area contributed by atoms with Crippen LogP contribution in [0.15, 0.2) is 74.2 Å². The Morgan fingerprint density at radius 1 is 0.950 bits per heavy atom. The van der Waals surface area contributed by atoms with Crippen LogP contribution in [0.1, 0.15) is 13.8 Å². The maximum absolute atomic E-state index is 8.47. The third-order valence-electron chi connectivity index (χ3n) is 3.03. The first-order valence-electron chi connectivity index (χ1n) is 5.97. The van der Waals surface area contributed by atoms with E-state index >= 15 is 0 Å². The Balaban J connectivity index is 2.40. The van der Waals surface area contributed by atoms with Gasteiger partial charge < -0.3 is 10.6 Å². The van der Waals surface area contributed by atoms with Crippen LogP contribution in [0.4, 0.5) is 0 Å². The van der Waals surface area contributed by atoms with Crippen molar-refractivity contribution in [3.8, 4) is 0 Å². The topological polar surface area (TPSA) is 87.5 Å². The highest BCUT2D eigenvalue weighted by molar-refractivity contribution is 6.11. The van der Waals surface area contributed by atoms with Gasteiger partial charge in [-0.25, -0.2) is 0 Å². The molecule has 0 aliphatic heterocycles. The Kier molecular flexibility index (Phi) is 3.91. The molecule has 0 aromatic heterocycles. The van der Waals surface area contributed by atoms with Crippen molar-refractivity contribution in [2.45, 2.75) is 13.8 Å². The molecule has 0 spiro atoms. The van der Waals surface area contributed by atoms with Crippen LogP contribution in [0.5, 0.6) is 0 Å². The van der Waals surface area contributed by atoms with Gasteiger partial charge in [-0.2, -0.15) is 0 Å². The molecule has 2 aliphatic rings. The van der Waals surface area contributed by atoms with Crippen molar-refractivity contribution in [3.63, 3.8) is 0 Å². The third-order valence-corrected chi connectivity index (χ3v) is 3.03. The normalized spacial score (nSPS) is 25.4. The van der Waals surface area contributed by atoms with Crippen LogP contribution >= 0.6 is 0 Å². The lowest BCUT2D eigenvalue weighted by Crippen LogP contribution is -2.04. The summed E-state index contributed by atoms with van der Waals surface area (Å²) >= 11 is 0. The molecule has 0 unspecified atom stereocenters. The molecule has 0 saturated carbocycles. The summed E-state index contributed by atoms with van der Waals surface area (Å²) in [4.78, 5) is 0. The van der Waals surface area contributed by atoms with E-state index in [4.69, 9.17) is 10.9 Å². The second kappa shape index (κ2) is 5.80. The monoisotopic (exact) mass is 264 g/mol. The first-order chi connectivity index (χ1) is 9.65. The lowest BCUT2D eigenvalue weighted by molar-refractivity contribution is 1.21. The van der Waals surface area contributed by atoms with E-state index in [1.807, 2.05) is 38.2 Å². The van der Waals surface area contributed by atoms with Gasteiger partial charge in [-0.15, -0.1) is 0 Å². The number of hydrogen-bond acceptors (Lipinski definition) is 3. The van der Waals surface area contributed by atoms with E-state index in [9.17, 15) is 0 Å². The van der Waals surface area contributed by atoms with Crippen LogP contribution in [-0.4, -0.2) is 11.4 Å². The van der Waals surface area contributed by atoms with Gasteiger partial charge in [0.15, 0.2) is 10.8 Å². The van der Waals surface area contributed by atoms with Crippen LogP contribution < -0.4 is 0 Å². The Morgan fingerprint density at radius 3 is 1.95 bits per heavy atom. The van der Waals surface area contributed by atoms with E-state index in [1.54, 1.807) is 12.2 Å². The second-order valence-electron chi connectivity index (χ2n) is 4.38. The fourth-order valence-electron chi connectivity index (χ4n) is 1.99. The first-order valence-corrected chi connectivity index (χ1v) is 5.97. The van der Waals surface area contributed by atoms with Gasteiger partial charge in [0.1, 0.15) is 0 Å². The summed E-state index contributed by atoms with van der Waals surface area (Å²) in [6, 6.07) is 0. The Hall–Kier alpha value is -2.94. The van der Waals surface area contributed by atoms with Crippen molar-refractivity contribution in [1.82, 2.24) is 0 Å². The quantitative estimate of drug-likeness (QED) is 0.401. The molecular weight excluding hydrogens is 252 g/mol. The molecule has 0 aromatic rings. The van der Waals surface area contributed by atoms with E-state index in [0.717, 1.165) is 22.3 Å². The Morgan fingerprint density at radius 2 is 1.50 bits per heavy atom. The second-order valence-corrected chi connectivity index (χ2v) is 4.38.